The quantitative estimate of drug-likeness (QED) is 0.822. The number of rotatable bonds is 6. The number of carbonyl (C=O) groups is 1. The summed E-state index contributed by atoms with van der Waals surface area (Å²) >= 11 is 0. The number of carbonyl (C=O) groups excluding carboxylic acids is 1. The number of nitrogens with two attached hydrogens (primary N) is 1. The molecule has 2 aromatic rings. The minimum Gasteiger partial charge on any atom is -0.378 e. The fraction of sp³-hybridized carbons (Fsp3) is 0.526. The molecule has 1 amide bonds. The van der Waals surface area contributed by atoms with Crippen molar-refractivity contribution in [1.82, 2.24) is 10.1 Å². The third-order valence-corrected chi connectivity index (χ3v) is 5.33. The maximum Gasteiger partial charge on any atom is 0.247 e. The van der Waals surface area contributed by atoms with Gasteiger partial charge in [0.15, 0.2) is 5.82 Å². The molecule has 0 saturated heterocycles. The van der Waals surface area contributed by atoms with Crippen molar-refractivity contribution in [2.24, 2.45) is 11.1 Å². The monoisotopic (exact) mass is 358 g/mol. The van der Waals surface area contributed by atoms with E-state index in [4.69, 9.17) is 15.0 Å². The zero-order valence-electron chi connectivity index (χ0n) is 15.7. The summed E-state index contributed by atoms with van der Waals surface area (Å²) in [6.07, 6.45) is 0.700. The van der Waals surface area contributed by atoms with E-state index in [0.29, 0.717) is 24.7 Å². The standard InChI is InChI=1S/C19H26N4O3/c1-5-25-14-11-19(20,18(14,3)4)17-22-15(23-26-17)10-16(24)21-13-8-6-12(2)7-9-13/h6-9,14H,5,10-11,20H2,1-4H3,(H,21,24). The number of hydrogen-bond acceptors (Lipinski definition) is 6. The second kappa shape index (κ2) is 6.81. The van der Waals surface area contributed by atoms with E-state index < -0.39 is 5.54 Å². The van der Waals surface area contributed by atoms with Gasteiger partial charge in [0, 0.05) is 24.1 Å². The number of nitrogens with zero attached hydrogens (tertiary/aromatic N) is 2. The highest BCUT2D eigenvalue weighted by atomic mass is 16.5. The van der Waals surface area contributed by atoms with Crippen LogP contribution in [0.5, 0.6) is 0 Å². The molecule has 1 aromatic carbocycles. The third kappa shape index (κ3) is 3.24. The van der Waals surface area contributed by atoms with E-state index in [0.717, 1.165) is 11.3 Å². The molecule has 2 unspecified atom stereocenters. The van der Waals surface area contributed by atoms with Gasteiger partial charge in [-0.3, -0.25) is 4.79 Å². The molecule has 1 aromatic heterocycles. The highest BCUT2D eigenvalue weighted by Crippen LogP contribution is 2.55. The summed E-state index contributed by atoms with van der Waals surface area (Å²) in [7, 11) is 0. The van der Waals surface area contributed by atoms with E-state index in [1.807, 2.05) is 52.0 Å². The van der Waals surface area contributed by atoms with Crippen molar-refractivity contribution in [1.29, 1.82) is 0 Å². The van der Waals surface area contributed by atoms with Crippen molar-refractivity contribution in [3.05, 3.63) is 41.5 Å². The Hall–Kier alpha value is -2.25. The van der Waals surface area contributed by atoms with Crippen LogP contribution in [0.1, 0.15) is 44.5 Å². The number of anilines is 1. The third-order valence-electron chi connectivity index (χ3n) is 5.33. The molecule has 3 rings (SSSR count). The van der Waals surface area contributed by atoms with Gasteiger partial charge < -0.3 is 20.3 Å². The van der Waals surface area contributed by atoms with Crippen LogP contribution in [0.3, 0.4) is 0 Å². The molecule has 140 valence electrons. The molecular weight excluding hydrogens is 332 g/mol. The first kappa shape index (κ1) is 18.5. The molecule has 1 heterocycles. The van der Waals surface area contributed by atoms with Gasteiger partial charge in [0.25, 0.3) is 0 Å². The molecule has 1 aliphatic carbocycles. The van der Waals surface area contributed by atoms with Crippen LogP contribution in [0.4, 0.5) is 5.69 Å². The molecule has 1 aliphatic rings. The molecule has 7 heteroatoms. The summed E-state index contributed by atoms with van der Waals surface area (Å²) in [5.74, 6) is 0.481. The van der Waals surface area contributed by atoms with Crippen molar-refractivity contribution >= 4 is 11.6 Å². The molecule has 2 atom stereocenters. The molecular formula is C19H26N4O3. The maximum absolute atomic E-state index is 12.2. The summed E-state index contributed by atoms with van der Waals surface area (Å²) < 4.78 is 11.1. The Bertz CT molecular complexity index is 784. The molecule has 26 heavy (non-hydrogen) atoms. The van der Waals surface area contributed by atoms with Crippen LogP contribution >= 0.6 is 0 Å². The smallest absolute Gasteiger partial charge is 0.247 e. The van der Waals surface area contributed by atoms with Crippen LogP contribution in [0, 0.1) is 12.3 Å². The van der Waals surface area contributed by atoms with Crippen molar-refractivity contribution in [3.8, 4) is 0 Å². The Morgan fingerprint density at radius 1 is 1.38 bits per heavy atom. The Morgan fingerprint density at radius 2 is 2.08 bits per heavy atom. The second-order valence-electron chi connectivity index (χ2n) is 7.45. The molecule has 3 N–H and O–H groups in total. The normalized spacial score (nSPS) is 24.1. The lowest BCUT2D eigenvalue weighted by atomic mass is 9.54. The second-order valence-corrected chi connectivity index (χ2v) is 7.45. The van der Waals surface area contributed by atoms with Gasteiger partial charge in [0.05, 0.1) is 12.5 Å². The summed E-state index contributed by atoms with van der Waals surface area (Å²) in [4.78, 5) is 16.6. The molecule has 1 saturated carbocycles. The van der Waals surface area contributed by atoms with Crippen LogP contribution < -0.4 is 11.1 Å². The molecule has 0 aliphatic heterocycles. The zero-order valence-corrected chi connectivity index (χ0v) is 15.7. The first-order valence-corrected chi connectivity index (χ1v) is 8.86. The molecule has 0 spiro atoms. The summed E-state index contributed by atoms with van der Waals surface area (Å²) in [6, 6.07) is 7.59. The number of nitrogens with one attached hydrogen (secondary N) is 1. The van der Waals surface area contributed by atoms with Gasteiger partial charge >= 0.3 is 0 Å². The maximum atomic E-state index is 12.2. The first-order chi connectivity index (χ1) is 12.3. The highest BCUT2D eigenvalue weighted by Gasteiger charge is 2.62. The number of aromatic nitrogens is 2. The number of hydrogen-bond donors (Lipinski definition) is 2. The van der Waals surface area contributed by atoms with Crippen molar-refractivity contribution < 1.29 is 14.1 Å². The van der Waals surface area contributed by atoms with Crippen LogP contribution in [-0.4, -0.2) is 28.8 Å². The van der Waals surface area contributed by atoms with Gasteiger partial charge in [-0.05, 0) is 26.0 Å². The average Bonchev–Trinajstić information content (AvgIpc) is 3.05. The predicted octanol–water partition coefficient (Wildman–Crippen LogP) is 2.55. The Labute approximate surface area is 153 Å². The Balaban J connectivity index is 1.65. The number of amides is 1. The van der Waals surface area contributed by atoms with Gasteiger partial charge in [0.1, 0.15) is 5.54 Å². The first-order valence-electron chi connectivity index (χ1n) is 8.86. The lowest BCUT2D eigenvalue weighted by Gasteiger charge is -2.56. The van der Waals surface area contributed by atoms with Gasteiger partial charge in [0.2, 0.25) is 11.8 Å². The van der Waals surface area contributed by atoms with E-state index in [9.17, 15) is 4.79 Å². The minimum atomic E-state index is -0.745. The lowest BCUT2D eigenvalue weighted by Crippen LogP contribution is -2.67. The van der Waals surface area contributed by atoms with E-state index in [1.54, 1.807) is 0 Å². The van der Waals surface area contributed by atoms with E-state index in [-0.39, 0.29) is 23.8 Å². The zero-order chi connectivity index (χ0) is 18.9. The predicted molar refractivity (Wildman–Crippen MR) is 97.5 cm³/mol. The molecule has 0 radical (unpaired) electrons. The summed E-state index contributed by atoms with van der Waals surface area (Å²) in [6.45, 7) is 8.66. The SMILES string of the molecule is CCOC1CC(N)(c2nc(CC(=O)Nc3ccc(C)cc3)no2)C1(C)C. The summed E-state index contributed by atoms with van der Waals surface area (Å²) in [5, 5.41) is 6.75. The molecule has 1 fully saturated rings. The fourth-order valence-corrected chi connectivity index (χ4v) is 3.29. The van der Waals surface area contributed by atoms with E-state index in [2.05, 4.69) is 15.5 Å². The Morgan fingerprint density at radius 3 is 2.69 bits per heavy atom. The average molecular weight is 358 g/mol. The fourth-order valence-electron chi connectivity index (χ4n) is 3.29. The summed E-state index contributed by atoms with van der Waals surface area (Å²) in [5.41, 5.74) is 7.33. The van der Waals surface area contributed by atoms with Gasteiger partial charge in [-0.1, -0.05) is 36.7 Å². The van der Waals surface area contributed by atoms with Crippen LogP contribution in [0.2, 0.25) is 0 Å². The van der Waals surface area contributed by atoms with Gasteiger partial charge in [-0.15, -0.1) is 0 Å². The highest BCUT2D eigenvalue weighted by molar-refractivity contribution is 5.91. The lowest BCUT2D eigenvalue weighted by molar-refractivity contribution is -0.162. The van der Waals surface area contributed by atoms with Crippen molar-refractivity contribution in [2.45, 2.75) is 52.2 Å². The van der Waals surface area contributed by atoms with Crippen molar-refractivity contribution in [2.75, 3.05) is 11.9 Å². The van der Waals surface area contributed by atoms with Crippen LogP contribution in [0.25, 0.3) is 0 Å². The van der Waals surface area contributed by atoms with E-state index >= 15 is 0 Å². The van der Waals surface area contributed by atoms with Crippen molar-refractivity contribution in [3.63, 3.8) is 0 Å². The minimum absolute atomic E-state index is 0.0305. The molecule has 7 nitrogen and oxygen atoms in total. The van der Waals surface area contributed by atoms with Crippen LogP contribution in [-0.2, 0) is 21.5 Å². The van der Waals surface area contributed by atoms with Gasteiger partial charge in [-0.2, -0.15) is 4.98 Å². The number of benzene rings is 1. The largest absolute Gasteiger partial charge is 0.378 e. The van der Waals surface area contributed by atoms with Crippen LogP contribution in [0.15, 0.2) is 28.8 Å². The number of ether oxygens (including phenoxy) is 1. The number of aryl methyl sites for hydroxylation is 1. The van der Waals surface area contributed by atoms with Gasteiger partial charge in [-0.25, -0.2) is 0 Å². The topological polar surface area (TPSA) is 103 Å². The van der Waals surface area contributed by atoms with E-state index in [1.165, 1.54) is 0 Å². The Kier molecular flexibility index (Phi) is 4.86. The molecule has 0 bridgehead atoms.